The molecular formula is C8H9N3O2. The van der Waals surface area contributed by atoms with E-state index in [4.69, 9.17) is 5.73 Å². The van der Waals surface area contributed by atoms with E-state index in [1.54, 1.807) is 24.3 Å². The molecule has 1 aromatic carbocycles. The summed E-state index contributed by atoms with van der Waals surface area (Å²) in [7, 11) is 0. The van der Waals surface area contributed by atoms with Crippen LogP contribution in [-0.4, -0.2) is 21.9 Å². The lowest BCUT2D eigenvalue weighted by molar-refractivity contribution is -0.367. The molecule has 0 bridgehead atoms. The van der Waals surface area contributed by atoms with Crippen molar-refractivity contribution in [3.63, 3.8) is 0 Å². The van der Waals surface area contributed by atoms with Gasteiger partial charge in [0.1, 0.15) is 0 Å². The fourth-order valence-corrected chi connectivity index (χ4v) is 1.24. The third-order valence-corrected chi connectivity index (χ3v) is 1.93. The van der Waals surface area contributed by atoms with Gasteiger partial charge in [0.25, 0.3) is 0 Å². The highest BCUT2D eigenvalue weighted by Crippen LogP contribution is 2.26. The Morgan fingerprint density at radius 2 is 2.15 bits per heavy atom. The fourth-order valence-electron chi connectivity index (χ4n) is 1.24. The van der Waals surface area contributed by atoms with Crippen LogP contribution in [0.3, 0.4) is 0 Å². The van der Waals surface area contributed by atoms with Crippen molar-refractivity contribution >= 4 is 17.2 Å². The summed E-state index contributed by atoms with van der Waals surface area (Å²) < 4.78 is 0.524. The van der Waals surface area contributed by atoms with Gasteiger partial charge in [0.2, 0.25) is 6.23 Å². The lowest BCUT2D eigenvalue weighted by Crippen LogP contribution is -2.43. The molecule has 0 saturated heterocycles. The van der Waals surface area contributed by atoms with Gasteiger partial charge in [-0.05, 0) is 12.1 Å². The van der Waals surface area contributed by atoms with Crippen LogP contribution in [0.2, 0.25) is 0 Å². The van der Waals surface area contributed by atoms with Crippen molar-refractivity contribution in [3.8, 4) is 0 Å². The van der Waals surface area contributed by atoms with Crippen molar-refractivity contribution < 1.29 is 9.85 Å². The van der Waals surface area contributed by atoms with E-state index in [2.05, 4.69) is 5.32 Å². The molecule has 5 heteroatoms. The second kappa shape index (κ2) is 2.63. The van der Waals surface area contributed by atoms with Crippen molar-refractivity contribution in [1.82, 2.24) is 0 Å². The smallest absolute Gasteiger partial charge is 0.301 e. The van der Waals surface area contributed by atoms with Crippen LogP contribution < -0.4 is 11.1 Å². The molecule has 13 heavy (non-hydrogen) atoms. The summed E-state index contributed by atoms with van der Waals surface area (Å²) in [6.07, 6.45) is -1.10. The number of hydrogen-bond donors (Lipinski definition) is 3. The Labute approximate surface area is 74.7 Å². The molecule has 1 aliphatic rings. The third-order valence-electron chi connectivity index (χ3n) is 1.93. The van der Waals surface area contributed by atoms with Gasteiger partial charge in [-0.2, -0.15) is 0 Å². The molecule has 4 N–H and O–H groups in total. The number of para-hydroxylation sites is 2. The van der Waals surface area contributed by atoms with E-state index in [9.17, 15) is 10.3 Å². The van der Waals surface area contributed by atoms with Crippen LogP contribution in [-0.2, 0) is 0 Å². The molecule has 0 saturated carbocycles. The van der Waals surface area contributed by atoms with Crippen molar-refractivity contribution in [2.75, 3.05) is 5.32 Å². The molecule has 0 aliphatic carbocycles. The van der Waals surface area contributed by atoms with Gasteiger partial charge in [-0.25, -0.2) is 4.74 Å². The number of rotatable bonds is 0. The standard InChI is InChI=1S/C8H9N3O2/c9-7-8(12)10-5-3-1-2-4-6(5)11(7)13/h1-4,8,10,12H,9H2. The molecule has 1 aromatic rings. The van der Waals surface area contributed by atoms with Gasteiger partial charge >= 0.3 is 5.84 Å². The summed E-state index contributed by atoms with van der Waals surface area (Å²) in [4.78, 5) is 0. The van der Waals surface area contributed by atoms with Crippen LogP contribution in [0.15, 0.2) is 24.3 Å². The molecule has 0 aromatic heterocycles. The van der Waals surface area contributed by atoms with Gasteiger partial charge in [-0.3, -0.25) is 5.73 Å². The quantitative estimate of drug-likeness (QED) is 0.384. The van der Waals surface area contributed by atoms with Crippen LogP contribution in [0.25, 0.3) is 0 Å². The minimum absolute atomic E-state index is 0.140. The fraction of sp³-hybridized carbons (Fsp3) is 0.125. The van der Waals surface area contributed by atoms with Gasteiger partial charge in [-0.1, -0.05) is 12.1 Å². The molecule has 0 radical (unpaired) electrons. The second-order valence-electron chi connectivity index (χ2n) is 2.78. The predicted octanol–water partition coefficient (Wildman–Crippen LogP) is -0.0705. The summed E-state index contributed by atoms with van der Waals surface area (Å²) in [5.41, 5.74) is 6.36. The van der Waals surface area contributed by atoms with Crippen LogP contribution in [0.1, 0.15) is 0 Å². The Hall–Kier alpha value is -1.75. The molecule has 0 fully saturated rings. The van der Waals surface area contributed by atoms with E-state index in [-0.39, 0.29) is 5.84 Å². The highest BCUT2D eigenvalue weighted by atomic mass is 16.5. The number of amidine groups is 1. The molecule has 0 amide bonds. The Balaban J connectivity index is 2.59. The maximum atomic E-state index is 11.4. The molecule has 5 nitrogen and oxygen atoms in total. The summed E-state index contributed by atoms with van der Waals surface area (Å²) >= 11 is 0. The van der Waals surface area contributed by atoms with Crippen LogP contribution in [0.4, 0.5) is 11.4 Å². The van der Waals surface area contributed by atoms with Crippen LogP contribution >= 0.6 is 0 Å². The number of anilines is 1. The Morgan fingerprint density at radius 3 is 2.92 bits per heavy atom. The average molecular weight is 179 g/mol. The number of nitrogens with one attached hydrogen (secondary N) is 1. The lowest BCUT2D eigenvalue weighted by Gasteiger charge is -2.24. The summed E-state index contributed by atoms with van der Waals surface area (Å²) in [5.74, 6) is -0.140. The molecule has 1 aliphatic heterocycles. The predicted molar refractivity (Wildman–Crippen MR) is 48.6 cm³/mol. The van der Waals surface area contributed by atoms with E-state index in [1.807, 2.05) is 0 Å². The van der Waals surface area contributed by atoms with Crippen molar-refractivity contribution in [2.45, 2.75) is 6.23 Å². The normalized spacial score (nSPS) is 20.8. The monoisotopic (exact) mass is 179 g/mol. The van der Waals surface area contributed by atoms with E-state index in [1.165, 1.54) is 0 Å². The maximum absolute atomic E-state index is 11.4. The largest absolute Gasteiger partial charge is 0.710 e. The van der Waals surface area contributed by atoms with Crippen molar-refractivity contribution in [1.29, 1.82) is 0 Å². The van der Waals surface area contributed by atoms with E-state index in [0.29, 0.717) is 16.1 Å². The molecule has 2 rings (SSSR count). The first-order valence-corrected chi connectivity index (χ1v) is 3.83. The topological polar surface area (TPSA) is 84.4 Å². The Kier molecular flexibility index (Phi) is 1.60. The highest BCUT2D eigenvalue weighted by Gasteiger charge is 2.24. The number of nitrogens with two attached hydrogens (primary N) is 1. The van der Waals surface area contributed by atoms with E-state index in [0.717, 1.165) is 0 Å². The Morgan fingerprint density at radius 1 is 1.46 bits per heavy atom. The zero-order valence-corrected chi connectivity index (χ0v) is 6.77. The minimum atomic E-state index is -1.10. The number of benzene rings is 1. The number of aliphatic hydroxyl groups is 1. The molecule has 1 unspecified atom stereocenters. The summed E-state index contributed by atoms with van der Waals surface area (Å²) in [5, 5.41) is 23.4. The van der Waals surface area contributed by atoms with Crippen molar-refractivity contribution in [2.24, 2.45) is 5.73 Å². The molecule has 1 heterocycles. The second-order valence-corrected chi connectivity index (χ2v) is 2.78. The van der Waals surface area contributed by atoms with Crippen LogP contribution in [0, 0.1) is 5.21 Å². The first kappa shape index (κ1) is 7.88. The zero-order chi connectivity index (χ0) is 9.42. The van der Waals surface area contributed by atoms with E-state index >= 15 is 0 Å². The van der Waals surface area contributed by atoms with Crippen LogP contribution in [0.5, 0.6) is 0 Å². The third kappa shape index (κ3) is 1.09. The number of hydrogen-bond acceptors (Lipinski definition) is 4. The average Bonchev–Trinajstić information content (AvgIpc) is 2.15. The number of fused-ring (bicyclic) bond motifs is 1. The van der Waals surface area contributed by atoms with E-state index < -0.39 is 6.23 Å². The first-order valence-electron chi connectivity index (χ1n) is 3.83. The molecule has 1 atom stereocenters. The van der Waals surface area contributed by atoms with Gasteiger partial charge in [-0.15, -0.1) is 0 Å². The van der Waals surface area contributed by atoms with Gasteiger partial charge < -0.3 is 15.6 Å². The SMILES string of the molecule is NC1=[N+]([O-])c2ccccc2NC1O. The molecular weight excluding hydrogens is 170 g/mol. The lowest BCUT2D eigenvalue weighted by atomic mass is 10.2. The molecule has 0 spiro atoms. The van der Waals surface area contributed by atoms with Crippen molar-refractivity contribution in [3.05, 3.63) is 29.5 Å². The Bertz CT molecular complexity index is 375. The number of aliphatic hydroxyl groups excluding tert-OH is 1. The van der Waals surface area contributed by atoms with Gasteiger partial charge in [0.15, 0.2) is 5.69 Å². The number of nitrogens with zero attached hydrogens (tertiary/aromatic N) is 1. The zero-order valence-electron chi connectivity index (χ0n) is 6.77. The maximum Gasteiger partial charge on any atom is 0.301 e. The first-order chi connectivity index (χ1) is 6.20. The molecule has 68 valence electrons. The minimum Gasteiger partial charge on any atom is -0.710 e. The van der Waals surface area contributed by atoms with Gasteiger partial charge in [0.05, 0.1) is 5.69 Å². The highest BCUT2D eigenvalue weighted by molar-refractivity contribution is 5.87. The van der Waals surface area contributed by atoms with Gasteiger partial charge in [0, 0.05) is 0 Å². The summed E-state index contributed by atoms with van der Waals surface area (Å²) in [6.45, 7) is 0. The summed E-state index contributed by atoms with van der Waals surface area (Å²) in [6, 6.07) is 6.84.